The molecule has 4 nitrogen and oxygen atoms in total. The lowest BCUT2D eigenvalue weighted by atomic mass is 9.98. The Kier molecular flexibility index (Phi) is 4.57. The highest BCUT2D eigenvalue weighted by atomic mass is 16.6. The molecule has 1 atom stereocenters. The molecule has 5 rings (SSSR count). The maximum atomic E-state index is 12.9. The number of aliphatic hydroxyl groups is 1. The summed E-state index contributed by atoms with van der Waals surface area (Å²) in [5, 5.41) is 10.4. The fourth-order valence-corrected chi connectivity index (χ4v) is 4.56. The summed E-state index contributed by atoms with van der Waals surface area (Å²) < 4.78 is 5.79. The van der Waals surface area contributed by atoms with Gasteiger partial charge in [0.05, 0.1) is 6.10 Å². The second-order valence-corrected chi connectivity index (χ2v) is 7.73. The van der Waals surface area contributed by atoms with Gasteiger partial charge in [0.2, 0.25) is 0 Å². The molecule has 1 N–H and O–H groups in total. The molecule has 1 heterocycles. The van der Waals surface area contributed by atoms with Crippen molar-refractivity contribution in [1.29, 1.82) is 0 Å². The summed E-state index contributed by atoms with van der Waals surface area (Å²) in [5.74, 6) is 0.0520. The Morgan fingerprint density at radius 2 is 1.48 bits per heavy atom. The van der Waals surface area contributed by atoms with Gasteiger partial charge in [-0.3, -0.25) is 0 Å². The maximum absolute atomic E-state index is 12.9. The Morgan fingerprint density at radius 1 is 0.897 bits per heavy atom. The average molecular weight is 385 g/mol. The molecule has 4 heteroatoms. The standard InChI is InChI=1S/C25H23NO3/c27-24-13-14-26(15-17-7-1-2-8-18(17)24)25(28)29-16-23-21-11-5-3-9-19(21)20-10-4-6-12-22(20)23/h1-12,23-24,27H,13-16H2. The predicted octanol–water partition coefficient (Wildman–Crippen LogP) is 4.87. The molecular formula is C25H23NO3. The van der Waals surface area contributed by atoms with Crippen LogP contribution >= 0.6 is 0 Å². The Balaban J connectivity index is 1.34. The number of benzene rings is 3. The number of nitrogens with zero attached hydrogens (tertiary/aromatic N) is 1. The lowest BCUT2D eigenvalue weighted by molar-refractivity contribution is 0.0915. The van der Waals surface area contributed by atoms with Gasteiger partial charge in [0, 0.05) is 19.0 Å². The first kappa shape index (κ1) is 18.0. The SMILES string of the molecule is O=C(OCC1c2ccccc2-c2ccccc21)N1CCC(O)c2ccccc2C1. The van der Waals surface area contributed by atoms with Crippen molar-refractivity contribution < 1.29 is 14.6 Å². The van der Waals surface area contributed by atoms with Crippen molar-refractivity contribution in [2.75, 3.05) is 13.2 Å². The van der Waals surface area contributed by atoms with Gasteiger partial charge in [-0.05, 0) is 39.8 Å². The van der Waals surface area contributed by atoms with Crippen LogP contribution in [0.5, 0.6) is 0 Å². The normalized spacial score (nSPS) is 17.8. The average Bonchev–Trinajstić information content (AvgIpc) is 2.98. The first-order chi connectivity index (χ1) is 14.2. The summed E-state index contributed by atoms with van der Waals surface area (Å²) in [5.41, 5.74) is 6.73. The van der Waals surface area contributed by atoms with Crippen molar-refractivity contribution in [2.24, 2.45) is 0 Å². The molecule has 1 amide bonds. The van der Waals surface area contributed by atoms with Gasteiger partial charge in [-0.2, -0.15) is 0 Å². The number of fused-ring (bicyclic) bond motifs is 4. The number of hydrogen-bond donors (Lipinski definition) is 1. The number of carbonyl (C=O) groups is 1. The molecule has 3 aromatic carbocycles. The van der Waals surface area contributed by atoms with Crippen LogP contribution in [-0.2, 0) is 11.3 Å². The molecule has 0 aromatic heterocycles. The van der Waals surface area contributed by atoms with E-state index in [9.17, 15) is 9.90 Å². The van der Waals surface area contributed by atoms with Crippen LogP contribution in [0.3, 0.4) is 0 Å². The molecule has 0 spiro atoms. The molecule has 0 radical (unpaired) electrons. The summed E-state index contributed by atoms with van der Waals surface area (Å²) >= 11 is 0. The van der Waals surface area contributed by atoms with E-state index in [0.717, 1.165) is 11.1 Å². The van der Waals surface area contributed by atoms with E-state index in [1.807, 2.05) is 48.5 Å². The van der Waals surface area contributed by atoms with Crippen molar-refractivity contribution >= 4 is 6.09 Å². The highest BCUT2D eigenvalue weighted by molar-refractivity contribution is 5.79. The second-order valence-electron chi connectivity index (χ2n) is 7.73. The van der Waals surface area contributed by atoms with E-state index >= 15 is 0 Å². The van der Waals surface area contributed by atoms with Gasteiger partial charge >= 0.3 is 6.09 Å². The van der Waals surface area contributed by atoms with Gasteiger partial charge in [0.25, 0.3) is 0 Å². The molecule has 146 valence electrons. The summed E-state index contributed by atoms with van der Waals surface area (Å²) in [6.45, 7) is 1.25. The number of amides is 1. The van der Waals surface area contributed by atoms with Gasteiger partial charge in [-0.15, -0.1) is 0 Å². The predicted molar refractivity (Wildman–Crippen MR) is 111 cm³/mol. The Bertz CT molecular complexity index is 1020. The fourth-order valence-electron chi connectivity index (χ4n) is 4.56. The molecule has 1 unspecified atom stereocenters. The van der Waals surface area contributed by atoms with Crippen LogP contribution in [0.2, 0.25) is 0 Å². The zero-order chi connectivity index (χ0) is 19.8. The van der Waals surface area contributed by atoms with E-state index in [1.165, 1.54) is 22.3 Å². The molecule has 0 saturated heterocycles. The largest absolute Gasteiger partial charge is 0.448 e. The molecule has 3 aromatic rings. The molecule has 2 aliphatic rings. The smallest absolute Gasteiger partial charge is 0.410 e. The number of rotatable bonds is 2. The van der Waals surface area contributed by atoms with Gasteiger partial charge < -0.3 is 14.7 Å². The van der Waals surface area contributed by atoms with Crippen LogP contribution < -0.4 is 0 Å². The second kappa shape index (κ2) is 7.37. The van der Waals surface area contributed by atoms with Gasteiger partial charge in [0.1, 0.15) is 6.61 Å². The zero-order valence-corrected chi connectivity index (χ0v) is 16.1. The molecule has 1 aliphatic carbocycles. The Morgan fingerprint density at radius 3 is 2.17 bits per heavy atom. The minimum atomic E-state index is -0.544. The summed E-state index contributed by atoms with van der Waals surface area (Å²) in [4.78, 5) is 14.6. The van der Waals surface area contributed by atoms with Gasteiger partial charge in [-0.25, -0.2) is 4.79 Å². The van der Waals surface area contributed by atoms with Gasteiger partial charge in [-0.1, -0.05) is 72.8 Å². The number of ether oxygens (including phenoxy) is 1. The molecule has 0 saturated carbocycles. The van der Waals surface area contributed by atoms with Crippen LogP contribution in [0.4, 0.5) is 4.79 Å². The minimum Gasteiger partial charge on any atom is -0.448 e. The summed E-state index contributed by atoms with van der Waals surface area (Å²) in [6.07, 6.45) is -0.352. The quantitative estimate of drug-likeness (QED) is 0.684. The zero-order valence-electron chi connectivity index (χ0n) is 16.1. The first-order valence-corrected chi connectivity index (χ1v) is 10.1. The molecular weight excluding hydrogens is 362 g/mol. The number of carbonyl (C=O) groups excluding carboxylic acids is 1. The van der Waals surface area contributed by atoms with Crippen molar-refractivity contribution in [3.8, 4) is 11.1 Å². The van der Waals surface area contributed by atoms with Crippen LogP contribution in [0.15, 0.2) is 72.8 Å². The minimum absolute atomic E-state index is 0.0520. The van der Waals surface area contributed by atoms with Crippen molar-refractivity contribution in [3.63, 3.8) is 0 Å². The van der Waals surface area contributed by atoms with E-state index in [2.05, 4.69) is 24.3 Å². The number of aliphatic hydroxyl groups excluding tert-OH is 1. The molecule has 0 bridgehead atoms. The van der Waals surface area contributed by atoms with E-state index in [0.29, 0.717) is 26.1 Å². The highest BCUT2D eigenvalue weighted by Gasteiger charge is 2.30. The monoisotopic (exact) mass is 385 g/mol. The van der Waals surface area contributed by atoms with Gasteiger partial charge in [0.15, 0.2) is 0 Å². The number of hydrogen-bond acceptors (Lipinski definition) is 3. The first-order valence-electron chi connectivity index (χ1n) is 10.1. The summed E-state index contributed by atoms with van der Waals surface area (Å²) in [7, 11) is 0. The van der Waals surface area contributed by atoms with Crippen LogP contribution in [0.25, 0.3) is 11.1 Å². The van der Waals surface area contributed by atoms with E-state index < -0.39 is 6.10 Å². The van der Waals surface area contributed by atoms with Crippen molar-refractivity contribution in [3.05, 3.63) is 95.1 Å². The fraction of sp³-hybridized carbons (Fsp3) is 0.240. The highest BCUT2D eigenvalue weighted by Crippen LogP contribution is 2.44. The Hall–Kier alpha value is -3.11. The van der Waals surface area contributed by atoms with Crippen molar-refractivity contribution in [1.82, 2.24) is 4.90 Å². The Labute approximate surface area is 170 Å². The molecule has 0 fully saturated rings. The van der Waals surface area contributed by atoms with E-state index in [4.69, 9.17) is 4.74 Å². The van der Waals surface area contributed by atoms with E-state index in [1.54, 1.807) is 4.90 Å². The topological polar surface area (TPSA) is 49.8 Å². The molecule has 29 heavy (non-hydrogen) atoms. The van der Waals surface area contributed by atoms with E-state index in [-0.39, 0.29) is 12.0 Å². The van der Waals surface area contributed by atoms with Crippen LogP contribution in [0.1, 0.15) is 40.7 Å². The van der Waals surface area contributed by atoms with Crippen LogP contribution in [0, 0.1) is 0 Å². The third kappa shape index (κ3) is 3.19. The lowest BCUT2D eigenvalue weighted by Crippen LogP contribution is -2.32. The molecule has 1 aliphatic heterocycles. The third-order valence-corrected chi connectivity index (χ3v) is 6.04. The summed E-state index contributed by atoms with van der Waals surface area (Å²) in [6, 6.07) is 24.4. The van der Waals surface area contributed by atoms with Crippen molar-refractivity contribution in [2.45, 2.75) is 25.0 Å². The third-order valence-electron chi connectivity index (χ3n) is 6.04. The van der Waals surface area contributed by atoms with Crippen LogP contribution in [-0.4, -0.2) is 29.3 Å². The lowest BCUT2D eigenvalue weighted by Gasteiger charge is -2.22. The maximum Gasteiger partial charge on any atom is 0.410 e.